The average molecular weight is 637 g/mol. The number of carboxylic acids is 3. The van der Waals surface area contributed by atoms with Crippen LogP contribution < -0.4 is 10.6 Å². The number of nitrogens with zero attached hydrogens (tertiary/aromatic N) is 4. The molecule has 0 radical (unpaired) electrons. The van der Waals surface area contributed by atoms with Gasteiger partial charge in [-0.05, 0) is 24.1 Å². The molecule has 0 unspecified atom stereocenters. The first-order valence-electron chi connectivity index (χ1n) is 15.7. The fourth-order valence-corrected chi connectivity index (χ4v) is 4.70. The Bertz CT molecular complexity index is 1020. The van der Waals surface area contributed by atoms with Crippen molar-refractivity contribution in [3.8, 4) is 0 Å². The largest absolute Gasteiger partial charge is 0.480 e. The number of nitrogens with one attached hydrogen (secondary N) is 2. The summed E-state index contributed by atoms with van der Waals surface area (Å²) in [6.07, 6.45) is 3.07. The molecule has 1 heterocycles. The summed E-state index contributed by atoms with van der Waals surface area (Å²) in [5.41, 5.74) is 1.38. The molecule has 0 atom stereocenters. The Balaban J connectivity index is 0.00000496. The Labute approximate surface area is 266 Å². The molecule has 1 aliphatic rings. The number of carbonyl (C=O) groups is 5. The van der Waals surface area contributed by atoms with Crippen molar-refractivity contribution in [2.45, 2.75) is 46.6 Å². The van der Waals surface area contributed by atoms with Gasteiger partial charge in [0.2, 0.25) is 5.91 Å². The molecular formula is C31H52N6O8. The summed E-state index contributed by atoms with van der Waals surface area (Å²) in [5.74, 6) is -3.40. The molecule has 2 amide bonds. The molecule has 0 aromatic heterocycles. The van der Waals surface area contributed by atoms with Gasteiger partial charge in [0.1, 0.15) is 0 Å². The van der Waals surface area contributed by atoms with Gasteiger partial charge in [0.05, 0.1) is 26.2 Å². The Morgan fingerprint density at radius 3 is 1.40 bits per heavy atom. The van der Waals surface area contributed by atoms with Crippen molar-refractivity contribution in [3.63, 3.8) is 0 Å². The van der Waals surface area contributed by atoms with Crippen LogP contribution in [0.5, 0.6) is 0 Å². The first-order chi connectivity index (χ1) is 21.5. The minimum atomic E-state index is -1.02. The number of carbonyl (C=O) groups excluding carboxylic acids is 2. The fourth-order valence-electron chi connectivity index (χ4n) is 4.70. The van der Waals surface area contributed by atoms with Crippen LogP contribution in [0.1, 0.15) is 56.0 Å². The lowest BCUT2D eigenvalue weighted by molar-refractivity contribution is -0.140. The third-order valence-corrected chi connectivity index (χ3v) is 7.15. The highest BCUT2D eigenvalue weighted by Gasteiger charge is 2.21. The van der Waals surface area contributed by atoms with Crippen molar-refractivity contribution in [1.82, 2.24) is 30.2 Å². The van der Waals surface area contributed by atoms with Gasteiger partial charge in [-0.3, -0.25) is 43.6 Å². The average Bonchev–Trinajstić information content (AvgIpc) is 3.00. The van der Waals surface area contributed by atoms with Crippen LogP contribution >= 0.6 is 0 Å². The molecule has 5 N–H and O–H groups in total. The zero-order valence-electron chi connectivity index (χ0n) is 27.0. The van der Waals surface area contributed by atoms with Gasteiger partial charge in [-0.15, -0.1) is 0 Å². The molecule has 0 aliphatic carbocycles. The SMILES string of the molecule is CC.CCCCCNC(=O)c1ccc(CNC(=O)CN2CCN(CC(=O)O)CCN(CC(=O)O)CCN(CC(=O)O)CC2)cc1. The van der Waals surface area contributed by atoms with E-state index < -0.39 is 17.9 Å². The normalized spacial score (nSPS) is 15.9. The molecule has 254 valence electrons. The van der Waals surface area contributed by atoms with Gasteiger partial charge in [-0.2, -0.15) is 0 Å². The molecular weight excluding hydrogens is 584 g/mol. The second-order valence-corrected chi connectivity index (χ2v) is 10.7. The van der Waals surface area contributed by atoms with Crippen LogP contribution in [0.2, 0.25) is 0 Å². The van der Waals surface area contributed by atoms with Crippen molar-refractivity contribution in [2.75, 3.05) is 85.1 Å². The van der Waals surface area contributed by atoms with Gasteiger partial charge in [0.15, 0.2) is 0 Å². The highest BCUT2D eigenvalue weighted by molar-refractivity contribution is 5.94. The standard InChI is InChI=1S/C29H46N6O8.C2H6/c1-2-3-4-9-30-29(43)24-7-5-23(6-8-24)18-31-25(36)19-32-10-12-33(20-26(37)38)14-16-35(22-28(41)42)17-15-34(13-11-32)21-27(39)40;1-2/h5-8H,2-4,9-22H2,1H3,(H,30,43)(H,31,36)(H,37,38)(H,39,40)(H,41,42);1-2H3. The van der Waals surface area contributed by atoms with E-state index in [1.165, 1.54) is 0 Å². The van der Waals surface area contributed by atoms with Crippen LogP contribution in [0.3, 0.4) is 0 Å². The number of rotatable bonds is 15. The van der Waals surface area contributed by atoms with E-state index in [2.05, 4.69) is 17.6 Å². The highest BCUT2D eigenvalue weighted by atomic mass is 16.4. The van der Waals surface area contributed by atoms with Gasteiger partial charge >= 0.3 is 17.9 Å². The van der Waals surface area contributed by atoms with Crippen LogP contribution in [-0.4, -0.2) is 150 Å². The maximum atomic E-state index is 12.9. The van der Waals surface area contributed by atoms with E-state index in [1.54, 1.807) is 39.0 Å². The molecule has 2 rings (SSSR count). The number of benzene rings is 1. The van der Waals surface area contributed by atoms with E-state index in [-0.39, 0.29) is 44.5 Å². The number of hydrogen-bond acceptors (Lipinski definition) is 9. The third kappa shape index (κ3) is 18.1. The maximum absolute atomic E-state index is 12.9. The molecule has 1 aromatic rings. The number of unbranched alkanes of at least 4 members (excludes halogenated alkanes) is 2. The lowest BCUT2D eigenvalue weighted by Crippen LogP contribution is -2.49. The van der Waals surface area contributed by atoms with E-state index in [0.717, 1.165) is 24.8 Å². The minimum Gasteiger partial charge on any atom is -0.480 e. The van der Waals surface area contributed by atoms with Crippen molar-refractivity contribution in [1.29, 1.82) is 0 Å². The van der Waals surface area contributed by atoms with Crippen LogP contribution in [0.15, 0.2) is 24.3 Å². The Morgan fingerprint density at radius 1 is 0.622 bits per heavy atom. The summed E-state index contributed by atoms with van der Waals surface area (Å²) in [7, 11) is 0. The van der Waals surface area contributed by atoms with E-state index in [4.69, 9.17) is 0 Å². The molecule has 1 saturated heterocycles. The fraction of sp³-hybridized carbons (Fsp3) is 0.645. The highest BCUT2D eigenvalue weighted by Crippen LogP contribution is 2.06. The Kier molecular flexibility index (Phi) is 20.0. The Morgan fingerprint density at radius 2 is 1.02 bits per heavy atom. The first-order valence-corrected chi connectivity index (χ1v) is 15.7. The topological polar surface area (TPSA) is 183 Å². The van der Waals surface area contributed by atoms with Crippen molar-refractivity contribution < 1.29 is 39.3 Å². The van der Waals surface area contributed by atoms with Crippen LogP contribution in [0.4, 0.5) is 0 Å². The summed E-state index contributed by atoms with van der Waals surface area (Å²) >= 11 is 0. The number of hydrogen-bond donors (Lipinski definition) is 5. The van der Waals surface area contributed by atoms with Gasteiger partial charge in [0.25, 0.3) is 5.91 Å². The van der Waals surface area contributed by atoms with E-state index in [9.17, 15) is 39.3 Å². The third-order valence-electron chi connectivity index (χ3n) is 7.15. The number of amides is 2. The van der Waals surface area contributed by atoms with Crippen molar-refractivity contribution >= 4 is 29.7 Å². The molecule has 14 nitrogen and oxygen atoms in total. The van der Waals surface area contributed by atoms with E-state index >= 15 is 0 Å². The Hall–Kier alpha value is -3.59. The second kappa shape index (κ2) is 22.8. The first kappa shape index (κ1) is 39.4. The molecule has 0 saturated carbocycles. The molecule has 1 aromatic carbocycles. The summed E-state index contributed by atoms with van der Waals surface area (Å²) in [6.45, 7) is 8.98. The van der Waals surface area contributed by atoms with Crippen LogP contribution in [0, 0.1) is 0 Å². The predicted molar refractivity (Wildman–Crippen MR) is 170 cm³/mol. The summed E-state index contributed by atoms with van der Waals surface area (Å²) < 4.78 is 0. The lowest BCUT2D eigenvalue weighted by atomic mass is 10.1. The zero-order valence-corrected chi connectivity index (χ0v) is 27.0. The maximum Gasteiger partial charge on any atom is 0.317 e. The van der Waals surface area contributed by atoms with Gasteiger partial charge in [-0.25, -0.2) is 0 Å². The second-order valence-electron chi connectivity index (χ2n) is 10.7. The molecule has 0 spiro atoms. The van der Waals surface area contributed by atoms with Crippen LogP contribution in [0.25, 0.3) is 0 Å². The summed E-state index contributed by atoms with van der Waals surface area (Å²) in [5, 5.41) is 33.8. The molecule has 0 bridgehead atoms. The molecule has 1 fully saturated rings. The predicted octanol–water partition coefficient (Wildman–Crippen LogP) is 0.724. The molecule has 14 heteroatoms. The van der Waals surface area contributed by atoms with E-state index in [0.29, 0.717) is 64.5 Å². The zero-order chi connectivity index (χ0) is 33.6. The van der Waals surface area contributed by atoms with Gasteiger partial charge < -0.3 is 26.0 Å². The van der Waals surface area contributed by atoms with Crippen molar-refractivity contribution in [3.05, 3.63) is 35.4 Å². The summed E-state index contributed by atoms with van der Waals surface area (Å²) in [6, 6.07) is 7.02. The number of carboxylic acid groups (broad SMARTS) is 3. The number of aliphatic carboxylic acids is 3. The smallest absolute Gasteiger partial charge is 0.317 e. The van der Waals surface area contributed by atoms with Crippen molar-refractivity contribution in [2.24, 2.45) is 0 Å². The quantitative estimate of drug-likeness (QED) is 0.170. The van der Waals surface area contributed by atoms with E-state index in [1.807, 2.05) is 18.7 Å². The minimum absolute atomic E-state index is 0.0329. The molecule has 1 aliphatic heterocycles. The van der Waals surface area contributed by atoms with Gasteiger partial charge in [0, 0.05) is 71.0 Å². The summed E-state index contributed by atoms with van der Waals surface area (Å²) in [4.78, 5) is 66.3. The van der Waals surface area contributed by atoms with Gasteiger partial charge in [-0.1, -0.05) is 45.7 Å². The van der Waals surface area contributed by atoms with Crippen LogP contribution in [-0.2, 0) is 25.7 Å². The monoisotopic (exact) mass is 636 g/mol. The molecule has 45 heavy (non-hydrogen) atoms. The lowest BCUT2D eigenvalue weighted by Gasteiger charge is -2.32.